The molecule has 8 nitrogen and oxygen atoms in total. The summed E-state index contributed by atoms with van der Waals surface area (Å²) in [4.78, 5) is 34.1. The maximum atomic E-state index is 11.7. The molecule has 0 bridgehead atoms. The summed E-state index contributed by atoms with van der Waals surface area (Å²) in [6.07, 6.45) is 5.83. The van der Waals surface area contributed by atoms with Crippen molar-refractivity contribution in [3.8, 4) is 0 Å². The number of amides is 1. The first kappa shape index (κ1) is 31.0. The number of rotatable bonds is 16. The first-order chi connectivity index (χ1) is 11.5. The number of carbonyl (C=O) groups is 3. The summed E-state index contributed by atoms with van der Waals surface area (Å²) in [6, 6.07) is 0. The molecule has 1 N–H and O–H groups in total. The second-order valence-corrected chi connectivity index (χ2v) is 5.59. The van der Waals surface area contributed by atoms with E-state index in [1.54, 1.807) is 0 Å². The van der Waals surface area contributed by atoms with E-state index in [-0.39, 0.29) is 84.7 Å². The first-order valence-corrected chi connectivity index (χ1v) is 8.42. The molecule has 0 aromatic carbocycles. The van der Waals surface area contributed by atoms with Crippen LogP contribution in [0.25, 0.3) is 0 Å². The molecule has 0 saturated carbocycles. The van der Waals surface area contributed by atoms with Crippen molar-refractivity contribution in [1.82, 2.24) is 10.2 Å². The number of unbranched alkanes of at least 4 members (excludes halogenated alkanes) is 4. The number of carboxylic acid groups (broad SMARTS) is 2. The normalized spacial score (nSPS) is 9.92. The topological polar surface area (TPSA) is 122 Å². The van der Waals surface area contributed by atoms with Gasteiger partial charge in [0.15, 0.2) is 0 Å². The summed E-state index contributed by atoms with van der Waals surface area (Å²) < 4.78 is 4.82. The average molecular weight is 390 g/mol. The van der Waals surface area contributed by atoms with Crippen molar-refractivity contribution < 1.29 is 88.4 Å². The zero-order chi connectivity index (χ0) is 18.2. The number of nitrogens with zero attached hydrogens (tertiary/aromatic N) is 1. The Morgan fingerprint density at radius 3 is 2.19 bits per heavy atom. The number of carbonyl (C=O) groups excluding carboxylic acids is 3. The summed E-state index contributed by atoms with van der Waals surface area (Å²) in [5, 5.41) is 23.6. The molecule has 0 fully saturated rings. The summed E-state index contributed by atoms with van der Waals surface area (Å²) in [6.45, 7) is 2.23. The molecule has 0 aliphatic rings. The number of hydrogen-bond acceptors (Lipinski definition) is 7. The molecule has 0 saturated heterocycles. The van der Waals surface area contributed by atoms with Crippen molar-refractivity contribution in [3.05, 3.63) is 0 Å². The van der Waals surface area contributed by atoms with Crippen molar-refractivity contribution >= 4 is 17.8 Å². The standard InChI is InChI=1S/C16H30N2O6.2Na/c1-2-3-4-5-6-7-14(19)17-8-9-18(12-15(20)21)10-11-24-13-16(22)23;;/h2-13H2,1H3,(H,17,19)(H,20,21)(H,22,23);;/q;2*+1/p-2. The summed E-state index contributed by atoms with van der Waals surface area (Å²) in [5.74, 6) is -2.61. The number of aliphatic carboxylic acids is 2. The predicted octanol–water partition coefficient (Wildman–Crippen LogP) is -7.71. The molecule has 0 aliphatic heterocycles. The van der Waals surface area contributed by atoms with Gasteiger partial charge in [0, 0.05) is 32.6 Å². The zero-order valence-corrected chi connectivity index (χ0v) is 20.4. The van der Waals surface area contributed by atoms with Gasteiger partial charge < -0.3 is 29.9 Å². The van der Waals surface area contributed by atoms with Crippen LogP contribution in [0.2, 0.25) is 0 Å². The molecule has 0 heterocycles. The van der Waals surface area contributed by atoms with Gasteiger partial charge in [-0.2, -0.15) is 0 Å². The molecular formula is C16H28N2Na2O6. The Morgan fingerprint density at radius 2 is 1.62 bits per heavy atom. The van der Waals surface area contributed by atoms with Crippen LogP contribution in [0.4, 0.5) is 0 Å². The maximum Gasteiger partial charge on any atom is 1.00 e. The predicted molar refractivity (Wildman–Crippen MR) is 83.7 cm³/mol. The van der Waals surface area contributed by atoms with Crippen molar-refractivity contribution in [2.45, 2.75) is 45.4 Å². The minimum absolute atomic E-state index is 0. The molecular weight excluding hydrogens is 362 g/mol. The SMILES string of the molecule is CCCCCCCC(=O)NCCN(CCOCC(=O)[O-])CC(=O)[O-].[Na+].[Na+]. The van der Waals surface area contributed by atoms with E-state index in [0.29, 0.717) is 19.5 Å². The Labute approximate surface area is 200 Å². The van der Waals surface area contributed by atoms with Gasteiger partial charge >= 0.3 is 59.1 Å². The van der Waals surface area contributed by atoms with Gasteiger partial charge in [-0.3, -0.25) is 9.69 Å². The maximum absolute atomic E-state index is 11.7. The third-order valence-corrected chi connectivity index (χ3v) is 3.38. The Morgan fingerprint density at radius 1 is 0.962 bits per heavy atom. The van der Waals surface area contributed by atoms with Crippen LogP contribution in [0.1, 0.15) is 45.4 Å². The Bertz CT molecular complexity index is 386. The molecule has 26 heavy (non-hydrogen) atoms. The van der Waals surface area contributed by atoms with Crippen molar-refractivity contribution in [3.63, 3.8) is 0 Å². The molecule has 1 amide bonds. The minimum Gasteiger partial charge on any atom is -0.549 e. The molecule has 140 valence electrons. The van der Waals surface area contributed by atoms with E-state index in [0.717, 1.165) is 25.7 Å². The molecule has 0 aromatic heterocycles. The number of ether oxygens (including phenoxy) is 1. The smallest absolute Gasteiger partial charge is 0.549 e. The van der Waals surface area contributed by atoms with Gasteiger partial charge in [0.1, 0.15) is 0 Å². The molecule has 0 atom stereocenters. The van der Waals surface area contributed by atoms with Gasteiger partial charge in [0.2, 0.25) is 5.91 Å². The largest absolute Gasteiger partial charge is 1.00 e. The minimum atomic E-state index is -1.33. The van der Waals surface area contributed by atoms with Crippen LogP contribution in [0, 0.1) is 0 Å². The van der Waals surface area contributed by atoms with Crippen LogP contribution < -0.4 is 74.6 Å². The van der Waals surface area contributed by atoms with Gasteiger partial charge in [0.05, 0.1) is 25.2 Å². The van der Waals surface area contributed by atoms with E-state index >= 15 is 0 Å². The molecule has 0 radical (unpaired) electrons. The van der Waals surface area contributed by atoms with Crippen molar-refractivity contribution in [1.29, 1.82) is 0 Å². The quantitative estimate of drug-likeness (QED) is 0.205. The third-order valence-electron chi connectivity index (χ3n) is 3.38. The molecule has 0 spiro atoms. The van der Waals surface area contributed by atoms with Gasteiger partial charge in [-0.05, 0) is 6.42 Å². The summed E-state index contributed by atoms with van der Waals surface area (Å²) in [5.41, 5.74) is 0. The monoisotopic (exact) mass is 390 g/mol. The van der Waals surface area contributed by atoms with Crippen LogP contribution in [-0.2, 0) is 19.1 Å². The fraction of sp³-hybridized carbons (Fsp3) is 0.812. The van der Waals surface area contributed by atoms with Crippen LogP contribution in [0.3, 0.4) is 0 Å². The van der Waals surface area contributed by atoms with Crippen LogP contribution in [0.15, 0.2) is 0 Å². The fourth-order valence-corrected chi connectivity index (χ4v) is 2.13. The van der Waals surface area contributed by atoms with E-state index in [9.17, 15) is 24.6 Å². The van der Waals surface area contributed by atoms with E-state index < -0.39 is 18.5 Å². The van der Waals surface area contributed by atoms with Gasteiger partial charge in [-0.15, -0.1) is 0 Å². The van der Waals surface area contributed by atoms with Crippen LogP contribution >= 0.6 is 0 Å². The number of nitrogens with one attached hydrogen (secondary N) is 1. The van der Waals surface area contributed by atoms with Gasteiger partial charge in [-0.25, -0.2) is 0 Å². The Hall–Kier alpha value is 0.330. The summed E-state index contributed by atoms with van der Waals surface area (Å²) >= 11 is 0. The number of hydrogen-bond donors (Lipinski definition) is 1. The Kier molecular flexibility index (Phi) is 25.8. The molecule has 0 aliphatic carbocycles. The average Bonchev–Trinajstić information content (AvgIpc) is 2.50. The van der Waals surface area contributed by atoms with Crippen LogP contribution in [0.5, 0.6) is 0 Å². The third kappa shape index (κ3) is 22.4. The van der Waals surface area contributed by atoms with Crippen molar-refractivity contribution in [2.24, 2.45) is 0 Å². The molecule has 0 rings (SSSR count). The van der Waals surface area contributed by atoms with Crippen LogP contribution in [-0.4, -0.2) is 62.1 Å². The van der Waals surface area contributed by atoms with E-state index in [1.807, 2.05) is 0 Å². The van der Waals surface area contributed by atoms with E-state index in [1.165, 1.54) is 11.3 Å². The zero-order valence-electron chi connectivity index (χ0n) is 16.4. The van der Waals surface area contributed by atoms with Gasteiger partial charge in [-0.1, -0.05) is 32.6 Å². The summed E-state index contributed by atoms with van der Waals surface area (Å²) in [7, 11) is 0. The van der Waals surface area contributed by atoms with Gasteiger partial charge in [0.25, 0.3) is 0 Å². The van der Waals surface area contributed by atoms with E-state index in [4.69, 9.17) is 4.74 Å². The molecule has 0 aromatic rings. The second-order valence-electron chi connectivity index (χ2n) is 5.59. The van der Waals surface area contributed by atoms with E-state index in [2.05, 4.69) is 12.2 Å². The first-order valence-electron chi connectivity index (χ1n) is 8.42. The Balaban J connectivity index is -0.00000264. The van der Waals surface area contributed by atoms with Crippen molar-refractivity contribution in [2.75, 3.05) is 39.4 Å². The second kappa shape index (κ2) is 21.6. The number of carboxylic acids is 2. The molecule has 10 heteroatoms. The molecule has 0 unspecified atom stereocenters. The fourth-order valence-electron chi connectivity index (χ4n) is 2.13.